The van der Waals surface area contributed by atoms with E-state index in [9.17, 15) is 8.78 Å². The molecule has 0 radical (unpaired) electrons. The first-order chi connectivity index (χ1) is 13.9. The summed E-state index contributed by atoms with van der Waals surface area (Å²) in [5, 5.41) is 4.23. The normalized spacial score (nSPS) is 15.2. The molecule has 0 bridgehead atoms. The van der Waals surface area contributed by atoms with Crippen LogP contribution in [0.1, 0.15) is 30.5 Å². The van der Waals surface area contributed by atoms with Crippen LogP contribution in [0.4, 0.5) is 8.78 Å². The molecule has 144 valence electrons. The summed E-state index contributed by atoms with van der Waals surface area (Å²) in [6.07, 6.45) is 2.33. The summed E-state index contributed by atoms with van der Waals surface area (Å²) < 4.78 is 29.6. The van der Waals surface area contributed by atoms with E-state index in [1.165, 1.54) is 16.6 Å². The standard InChI is InChI=1S/C24H19F2N3/c1-24(2)13-20-17(18-6-3-4-9-21(18)25)7-5-8-19(20)23(28-24)15-12-16-10-11-22(26)29(16)27-14-15/h3-12,14H,13H2,1-2H3. The SMILES string of the molecule is CC1(C)Cc2c(cccc2-c2ccccc2F)C(c2cnn3c(F)ccc3c2)=N1. The molecule has 2 aromatic carbocycles. The summed E-state index contributed by atoms with van der Waals surface area (Å²) in [6.45, 7) is 4.13. The fourth-order valence-corrected chi connectivity index (χ4v) is 4.08. The molecule has 1 aliphatic heterocycles. The number of fused-ring (bicyclic) bond motifs is 2. The van der Waals surface area contributed by atoms with Crippen LogP contribution < -0.4 is 0 Å². The molecule has 1 aliphatic rings. The average Bonchev–Trinajstić information content (AvgIpc) is 3.07. The van der Waals surface area contributed by atoms with Gasteiger partial charge in [-0.15, -0.1) is 0 Å². The van der Waals surface area contributed by atoms with E-state index < -0.39 is 5.95 Å². The molecule has 0 aliphatic carbocycles. The van der Waals surface area contributed by atoms with Gasteiger partial charge >= 0.3 is 0 Å². The first-order valence-corrected chi connectivity index (χ1v) is 9.54. The van der Waals surface area contributed by atoms with Gasteiger partial charge < -0.3 is 0 Å². The maximum atomic E-state index is 14.6. The minimum Gasteiger partial charge on any atom is -0.278 e. The molecule has 5 heteroatoms. The van der Waals surface area contributed by atoms with Gasteiger partial charge in [0.2, 0.25) is 5.95 Å². The van der Waals surface area contributed by atoms with Crippen LogP contribution in [0, 0.1) is 11.8 Å². The van der Waals surface area contributed by atoms with Gasteiger partial charge in [-0.2, -0.15) is 9.49 Å². The van der Waals surface area contributed by atoms with Crippen LogP contribution >= 0.6 is 0 Å². The Bertz CT molecular complexity index is 1280. The number of rotatable bonds is 2. The van der Waals surface area contributed by atoms with Crippen molar-refractivity contribution in [3.8, 4) is 11.1 Å². The third kappa shape index (κ3) is 2.94. The highest BCUT2D eigenvalue weighted by atomic mass is 19.1. The van der Waals surface area contributed by atoms with E-state index in [1.807, 2.05) is 30.3 Å². The number of aromatic nitrogens is 2. The van der Waals surface area contributed by atoms with Crippen molar-refractivity contribution >= 4 is 11.2 Å². The van der Waals surface area contributed by atoms with Crippen molar-refractivity contribution in [1.82, 2.24) is 9.61 Å². The number of nitrogens with zero attached hydrogens (tertiary/aromatic N) is 3. The Morgan fingerprint density at radius 2 is 1.66 bits per heavy atom. The summed E-state index contributed by atoms with van der Waals surface area (Å²) in [5.74, 6) is -0.644. The van der Waals surface area contributed by atoms with Gasteiger partial charge in [0, 0.05) is 16.7 Å². The molecule has 0 saturated heterocycles. The molecule has 0 unspecified atom stereocenters. The van der Waals surface area contributed by atoms with Crippen LogP contribution in [-0.2, 0) is 6.42 Å². The molecule has 2 aromatic heterocycles. The van der Waals surface area contributed by atoms with Crippen molar-refractivity contribution in [2.24, 2.45) is 4.99 Å². The maximum Gasteiger partial charge on any atom is 0.214 e. The largest absolute Gasteiger partial charge is 0.278 e. The highest BCUT2D eigenvalue weighted by Gasteiger charge is 2.30. The predicted octanol–water partition coefficient (Wildman–Crippen LogP) is 5.45. The molecule has 4 aromatic rings. The van der Waals surface area contributed by atoms with Crippen LogP contribution in [0.25, 0.3) is 16.6 Å². The van der Waals surface area contributed by atoms with Gasteiger partial charge in [0.05, 0.1) is 23.0 Å². The summed E-state index contributed by atoms with van der Waals surface area (Å²) in [7, 11) is 0. The van der Waals surface area contributed by atoms with Gasteiger partial charge in [-0.3, -0.25) is 4.99 Å². The number of hydrogen-bond acceptors (Lipinski definition) is 2. The minimum absolute atomic E-state index is 0.241. The van der Waals surface area contributed by atoms with Crippen LogP contribution in [0.5, 0.6) is 0 Å². The highest BCUT2D eigenvalue weighted by molar-refractivity contribution is 6.15. The Balaban J connectivity index is 1.73. The molecular weight excluding hydrogens is 368 g/mol. The van der Waals surface area contributed by atoms with E-state index in [0.29, 0.717) is 17.5 Å². The van der Waals surface area contributed by atoms with Crippen molar-refractivity contribution < 1.29 is 8.78 Å². The summed E-state index contributed by atoms with van der Waals surface area (Å²) in [4.78, 5) is 4.98. The monoisotopic (exact) mass is 387 g/mol. The van der Waals surface area contributed by atoms with Gasteiger partial charge in [-0.05, 0) is 55.7 Å². The number of hydrogen-bond donors (Lipinski definition) is 0. The number of halogens is 2. The van der Waals surface area contributed by atoms with Crippen molar-refractivity contribution in [3.05, 3.63) is 95.3 Å². The molecule has 0 amide bonds. The molecule has 0 atom stereocenters. The predicted molar refractivity (Wildman–Crippen MR) is 110 cm³/mol. The fraction of sp³-hybridized carbons (Fsp3) is 0.167. The van der Waals surface area contributed by atoms with E-state index in [0.717, 1.165) is 28.0 Å². The Morgan fingerprint density at radius 3 is 2.48 bits per heavy atom. The lowest BCUT2D eigenvalue weighted by molar-refractivity contribution is 0.513. The average molecular weight is 387 g/mol. The summed E-state index contributed by atoms with van der Waals surface area (Å²) >= 11 is 0. The Kier molecular flexibility index (Phi) is 3.88. The highest BCUT2D eigenvalue weighted by Crippen LogP contribution is 2.36. The topological polar surface area (TPSA) is 29.7 Å². The zero-order chi connectivity index (χ0) is 20.2. The van der Waals surface area contributed by atoms with Crippen molar-refractivity contribution in [1.29, 1.82) is 0 Å². The molecule has 29 heavy (non-hydrogen) atoms. The van der Waals surface area contributed by atoms with Crippen molar-refractivity contribution in [2.75, 3.05) is 0 Å². The zero-order valence-electron chi connectivity index (χ0n) is 16.2. The molecule has 5 rings (SSSR count). The molecule has 0 fully saturated rings. The maximum absolute atomic E-state index is 14.6. The van der Waals surface area contributed by atoms with E-state index >= 15 is 0 Å². The zero-order valence-corrected chi connectivity index (χ0v) is 16.2. The molecule has 3 nitrogen and oxygen atoms in total. The quantitative estimate of drug-likeness (QED) is 0.450. The second kappa shape index (κ2) is 6.34. The van der Waals surface area contributed by atoms with Gasteiger partial charge in [0.25, 0.3) is 0 Å². The molecule has 3 heterocycles. The van der Waals surface area contributed by atoms with E-state index in [-0.39, 0.29) is 11.4 Å². The minimum atomic E-state index is -0.403. The second-order valence-electron chi connectivity index (χ2n) is 8.00. The molecular formula is C24H19F2N3. The van der Waals surface area contributed by atoms with E-state index in [1.54, 1.807) is 24.4 Å². The fourth-order valence-electron chi connectivity index (χ4n) is 4.08. The van der Waals surface area contributed by atoms with Crippen LogP contribution in [0.2, 0.25) is 0 Å². The summed E-state index contributed by atoms with van der Waals surface area (Å²) in [5.41, 5.74) is 5.41. The van der Waals surface area contributed by atoms with E-state index in [2.05, 4.69) is 18.9 Å². The number of benzene rings is 2. The smallest absolute Gasteiger partial charge is 0.214 e. The number of aliphatic imine (C=N–C) groups is 1. The molecule has 0 spiro atoms. The third-order valence-electron chi connectivity index (χ3n) is 5.35. The summed E-state index contributed by atoms with van der Waals surface area (Å²) in [6, 6.07) is 17.7. The van der Waals surface area contributed by atoms with Gasteiger partial charge in [-0.25, -0.2) is 8.91 Å². The lowest BCUT2D eigenvalue weighted by Crippen LogP contribution is -2.30. The van der Waals surface area contributed by atoms with Crippen molar-refractivity contribution in [2.45, 2.75) is 25.8 Å². The Morgan fingerprint density at radius 1 is 0.897 bits per heavy atom. The van der Waals surface area contributed by atoms with Crippen LogP contribution in [0.3, 0.4) is 0 Å². The first kappa shape index (κ1) is 17.7. The van der Waals surface area contributed by atoms with Gasteiger partial charge in [-0.1, -0.05) is 36.4 Å². The Hall–Kier alpha value is -3.34. The molecule has 0 saturated carbocycles. The molecule has 0 N–H and O–H groups in total. The first-order valence-electron chi connectivity index (χ1n) is 9.54. The van der Waals surface area contributed by atoms with E-state index in [4.69, 9.17) is 4.99 Å². The van der Waals surface area contributed by atoms with Crippen molar-refractivity contribution in [3.63, 3.8) is 0 Å². The Labute approximate surface area is 167 Å². The second-order valence-corrected chi connectivity index (χ2v) is 8.00. The van der Waals surface area contributed by atoms with Gasteiger partial charge in [0.1, 0.15) is 5.82 Å². The lowest BCUT2D eigenvalue weighted by atomic mass is 9.81. The van der Waals surface area contributed by atoms with Crippen LogP contribution in [0.15, 0.2) is 71.9 Å². The van der Waals surface area contributed by atoms with Crippen LogP contribution in [-0.4, -0.2) is 20.9 Å². The lowest BCUT2D eigenvalue weighted by Gasteiger charge is -2.31. The van der Waals surface area contributed by atoms with Gasteiger partial charge in [0.15, 0.2) is 0 Å². The third-order valence-corrected chi connectivity index (χ3v) is 5.35.